The van der Waals surface area contributed by atoms with Gasteiger partial charge in [0.15, 0.2) is 0 Å². The van der Waals surface area contributed by atoms with Crippen LogP contribution in [0, 0.1) is 6.92 Å². The molecule has 0 aromatic carbocycles. The molecule has 2 N–H and O–H groups in total. The van der Waals surface area contributed by atoms with Crippen molar-refractivity contribution < 1.29 is 4.42 Å². The molecule has 0 aliphatic carbocycles. The Morgan fingerprint density at radius 2 is 2.31 bits per heavy atom. The Morgan fingerprint density at radius 3 is 2.88 bits per heavy atom. The summed E-state index contributed by atoms with van der Waals surface area (Å²) in [6.45, 7) is 1.94. The Bertz CT molecular complexity index is 458. The van der Waals surface area contributed by atoms with Crippen LogP contribution in [0.4, 0.5) is 0 Å². The third-order valence-electron chi connectivity index (χ3n) is 2.93. The Labute approximate surface area is 95.1 Å². The predicted octanol–water partition coefficient (Wildman–Crippen LogP) is 1.95. The second-order valence-electron chi connectivity index (χ2n) is 4.02. The topological polar surface area (TPSA) is 57.0 Å². The van der Waals surface area contributed by atoms with E-state index >= 15 is 0 Å². The summed E-state index contributed by atoms with van der Waals surface area (Å²) in [7, 11) is 1.95. The summed E-state index contributed by atoms with van der Waals surface area (Å²) < 4.78 is 7.13. The molecule has 16 heavy (non-hydrogen) atoms. The Kier molecular flexibility index (Phi) is 3.10. The lowest BCUT2D eigenvalue weighted by molar-refractivity contribution is 0.519. The molecular weight excluding hydrogens is 202 g/mol. The van der Waals surface area contributed by atoms with Crippen molar-refractivity contribution in [1.29, 1.82) is 0 Å². The second kappa shape index (κ2) is 4.53. The summed E-state index contributed by atoms with van der Waals surface area (Å²) >= 11 is 0. The minimum Gasteiger partial charge on any atom is -0.469 e. The van der Waals surface area contributed by atoms with Crippen LogP contribution in [0.2, 0.25) is 0 Å². The summed E-state index contributed by atoms with van der Waals surface area (Å²) in [5.74, 6) is 0.914. The van der Waals surface area contributed by atoms with Crippen molar-refractivity contribution in [1.82, 2.24) is 9.78 Å². The number of rotatable bonds is 4. The van der Waals surface area contributed by atoms with Crippen molar-refractivity contribution in [2.24, 2.45) is 12.8 Å². The molecule has 86 valence electrons. The molecule has 4 nitrogen and oxygen atoms in total. The molecule has 2 heterocycles. The number of furan rings is 1. The molecule has 0 saturated heterocycles. The van der Waals surface area contributed by atoms with E-state index in [0.717, 1.165) is 24.2 Å². The first-order valence-electron chi connectivity index (χ1n) is 5.45. The summed E-state index contributed by atoms with van der Waals surface area (Å²) in [6.07, 6.45) is 5.33. The van der Waals surface area contributed by atoms with Crippen LogP contribution in [-0.2, 0) is 13.5 Å². The van der Waals surface area contributed by atoms with Gasteiger partial charge in [0.2, 0.25) is 0 Å². The zero-order valence-corrected chi connectivity index (χ0v) is 9.68. The lowest BCUT2D eigenvalue weighted by Crippen LogP contribution is -2.12. The van der Waals surface area contributed by atoms with E-state index in [1.54, 1.807) is 6.26 Å². The third-order valence-corrected chi connectivity index (χ3v) is 2.93. The smallest absolute Gasteiger partial charge is 0.105 e. The fourth-order valence-electron chi connectivity index (χ4n) is 1.88. The molecule has 2 rings (SSSR count). The molecule has 2 aromatic rings. The van der Waals surface area contributed by atoms with Gasteiger partial charge in [-0.25, -0.2) is 0 Å². The molecule has 1 unspecified atom stereocenters. The fraction of sp³-hybridized carbons (Fsp3) is 0.417. The monoisotopic (exact) mass is 219 g/mol. The van der Waals surface area contributed by atoms with Crippen LogP contribution in [0.25, 0.3) is 0 Å². The maximum atomic E-state index is 6.12. The quantitative estimate of drug-likeness (QED) is 0.855. The summed E-state index contributed by atoms with van der Waals surface area (Å²) in [4.78, 5) is 0. The van der Waals surface area contributed by atoms with E-state index in [0.29, 0.717) is 0 Å². The average Bonchev–Trinajstić information content (AvgIpc) is 2.84. The van der Waals surface area contributed by atoms with E-state index in [4.69, 9.17) is 10.2 Å². The zero-order chi connectivity index (χ0) is 11.5. The second-order valence-corrected chi connectivity index (χ2v) is 4.02. The number of hydrogen-bond acceptors (Lipinski definition) is 3. The highest BCUT2D eigenvalue weighted by atomic mass is 16.3. The minimum atomic E-state index is 0.0358. The first kappa shape index (κ1) is 11.0. The van der Waals surface area contributed by atoms with E-state index in [2.05, 4.69) is 5.10 Å². The highest BCUT2D eigenvalue weighted by molar-refractivity contribution is 5.20. The fourth-order valence-corrected chi connectivity index (χ4v) is 1.88. The Morgan fingerprint density at radius 1 is 1.50 bits per heavy atom. The zero-order valence-electron chi connectivity index (χ0n) is 9.68. The van der Waals surface area contributed by atoms with Gasteiger partial charge >= 0.3 is 0 Å². The Balaban J connectivity index is 1.97. The van der Waals surface area contributed by atoms with Gasteiger partial charge in [-0.15, -0.1) is 0 Å². The molecule has 0 bridgehead atoms. The van der Waals surface area contributed by atoms with Crippen molar-refractivity contribution in [3.8, 4) is 0 Å². The normalized spacial score (nSPS) is 12.9. The Hall–Kier alpha value is -1.55. The van der Waals surface area contributed by atoms with E-state index < -0.39 is 0 Å². The van der Waals surface area contributed by atoms with Crippen molar-refractivity contribution in [3.63, 3.8) is 0 Å². The molecular formula is C12H17N3O. The molecule has 0 spiro atoms. The molecule has 0 aliphatic heterocycles. The highest BCUT2D eigenvalue weighted by Crippen LogP contribution is 2.20. The average molecular weight is 219 g/mol. The molecule has 1 atom stereocenters. The molecule has 0 radical (unpaired) electrons. The van der Waals surface area contributed by atoms with Crippen LogP contribution in [0.5, 0.6) is 0 Å². The van der Waals surface area contributed by atoms with Gasteiger partial charge in [-0.2, -0.15) is 5.10 Å². The number of aromatic nitrogens is 2. The number of nitrogens with two attached hydrogens (primary N) is 1. The van der Waals surface area contributed by atoms with Gasteiger partial charge in [0.1, 0.15) is 5.76 Å². The van der Waals surface area contributed by atoms with Gasteiger partial charge in [-0.1, -0.05) is 0 Å². The van der Waals surface area contributed by atoms with Crippen molar-refractivity contribution in [3.05, 3.63) is 41.6 Å². The SMILES string of the molecule is Cc1occc1C(N)CCc1ccnn1C. The molecule has 0 fully saturated rings. The van der Waals surface area contributed by atoms with E-state index in [1.165, 1.54) is 5.69 Å². The van der Waals surface area contributed by atoms with Crippen molar-refractivity contribution >= 4 is 0 Å². The summed E-state index contributed by atoms with van der Waals surface area (Å²) in [5, 5.41) is 4.13. The van der Waals surface area contributed by atoms with E-state index in [9.17, 15) is 0 Å². The molecule has 4 heteroatoms. The minimum absolute atomic E-state index is 0.0358. The molecule has 0 aliphatic rings. The van der Waals surface area contributed by atoms with Gasteiger partial charge in [0, 0.05) is 30.5 Å². The van der Waals surface area contributed by atoms with Gasteiger partial charge in [-0.05, 0) is 31.9 Å². The first-order valence-corrected chi connectivity index (χ1v) is 5.45. The lowest BCUT2D eigenvalue weighted by atomic mass is 10.0. The van der Waals surface area contributed by atoms with Crippen LogP contribution in [0.3, 0.4) is 0 Å². The van der Waals surface area contributed by atoms with Crippen LogP contribution >= 0.6 is 0 Å². The number of aryl methyl sites for hydroxylation is 3. The van der Waals surface area contributed by atoms with Gasteiger partial charge in [-0.3, -0.25) is 4.68 Å². The molecule has 0 saturated carbocycles. The summed E-state index contributed by atoms with van der Waals surface area (Å²) in [5.41, 5.74) is 8.42. The standard InChI is InChI=1S/C12H17N3O/c1-9-11(6-8-16-9)12(13)4-3-10-5-7-14-15(10)2/h5-8,12H,3-4,13H2,1-2H3. The van der Waals surface area contributed by atoms with Gasteiger partial charge in [0.05, 0.1) is 6.26 Å². The lowest BCUT2D eigenvalue weighted by Gasteiger charge is -2.10. The van der Waals surface area contributed by atoms with Crippen LogP contribution in [0.15, 0.2) is 29.0 Å². The first-order chi connectivity index (χ1) is 7.68. The van der Waals surface area contributed by atoms with E-state index in [-0.39, 0.29) is 6.04 Å². The number of hydrogen-bond donors (Lipinski definition) is 1. The van der Waals surface area contributed by atoms with E-state index in [1.807, 2.05) is 37.0 Å². The molecule has 0 amide bonds. The predicted molar refractivity (Wildman–Crippen MR) is 61.9 cm³/mol. The van der Waals surface area contributed by atoms with Crippen molar-refractivity contribution in [2.45, 2.75) is 25.8 Å². The van der Waals surface area contributed by atoms with Gasteiger partial charge in [0.25, 0.3) is 0 Å². The highest BCUT2D eigenvalue weighted by Gasteiger charge is 2.11. The molecule has 2 aromatic heterocycles. The maximum Gasteiger partial charge on any atom is 0.105 e. The van der Waals surface area contributed by atoms with Gasteiger partial charge < -0.3 is 10.2 Å². The van der Waals surface area contributed by atoms with Crippen LogP contribution in [0.1, 0.15) is 29.5 Å². The largest absolute Gasteiger partial charge is 0.469 e. The third kappa shape index (κ3) is 2.17. The number of nitrogens with zero attached hydrogens (tertiary/aromatic N) is 2. The maximum absolute atomic E-state index is 6.12. The van der Waals surface area contributed by atoms with Crippen LogP contribution < -0.4 is 5.73 Å². The van der Waals surface area contributed by atoms with Crippen LogP contribution in [-0.4, -0.2) is 9.78 Å². The van der Waals surface area contributed by atoms with Crippen molar-refractivity contribution in [2.75, 3.05) is 0 Å². The summed E-state index contributed by atoms with van der Waals surface area (Å²) in [6, 6.07) is 4.01.